The van der Waals surface area contributed by atoms with Crippen LogP contribution in [0.4, 0.5) is 13.2 Å². The summed E-state index contributed by atoms with van der Waals surface area (Å²) in [5.41, 5.74) is 1.11. The fourth-order valence-electron chi connectivity index (χ4n) is 2.57. The summed E-state index contributed by atoms with van der Waals surface area (Å²) in [5.74, 6) is -5.50. The lowest BCUT2D eigenvalue weighted by Gasteiger charge is -2.10. The van der Waals surface area contributed by atoms with Crippen LogP contribution in [0.1, 0.15) is 34.0 Å². The number of hydrogen-bond acceptors (Lipinski definition) is 2. The van der Waals surface area contributed by atoms with Gasteiger partial charge in [-0.05, 0) is 36.6 Å². The van der Waals surface area contributed by atoms with Crippen molar-refractivity contribution in [2.75, 3.05) is 0 Å². The molecule has 1 heterocycles. The highest BCUT2D eigenvalue weighted by Gasteiger charge is 2.32. The van der Waals surface area contributed by atoms with Crippen LogP contribution in [0.5, 0.6) is 0 Å². The van der Waals surface area contributed by atoms with Crippen LogP contribution < -0.4 is 0 Å². The van der Waals surface area contributed by atoms with Crippen LogP contribution in [-0.2, 0) is 6.42 Å². The number of fused-ring (bicyclic) bond motifs is 1. The Hall–Kier alpha value is -2.17. The number of halogens is 3. The molecule has 20 heavy (non-hydrogen) atoms. The summed E-state index contributed by atoms with van der Waals surface area (Å²) in [6, 6.07) is 5.37. The summed E-state index contributed by atoms with van der Waals surface area (Å²) < 4.78 is 39.8. The zero-order chi connectivity index (χ0) is 14.3. The summed E-state index contributed by atoms with van der Waals surface area (Å²) in [7, 11) is 0. The third-order valence-corrected chi connectivity index (χ3v) is 3.58. The molecule has 0 amide bonds. The normalized spacial score (nSPS) is 17.1. The maximum atomic E-state index is 13.7. The molecule has 0 fully saturated rings. The van der Waals surface area contributed by atoms with E-state index >= 15 is 0 Å². The molecule has 102 valence electrons. The van der Waals surface area contributed by atoms with Gasteiger partial charge >= 0.3 is 0 Å². The summed E-state index contributed by atoms with van der Waals surface area (Å²) in [4.78, 5) is 16.5. The third kappa shape index (κ3) is 1.90. The first kappa shape index (κ1) is 12.8. The Morgan fingerprint density at radius 3 is 2.75 bits per heavy atom. The molecule has 0 saturated carbocycles. The second-order valence-corrected chi connectivity index (χ2v) is 4.73. The molecule has 0 bridgehead atoms. The Balaban J connectivity index is 2.01. The second kappa shape index (κ2) is 4.74. The lowest BCUT2D eigenvalue weighted by molar-refractivity contribution is 0.0953. The van der Waals surface area contributed by atoms with Gasteiger partial charge in [-0.15, -0.1) is 0 Å². The first-order valence-corrected chi connectivity index (χ1v) is 6.21. The smallest absolute Gasteiger partial charge is 0.195 e. The highest BCUT2D eigenvalue weighted by atomic mass is 19.2. The number of hydrogen-bond donors (Lipinski definition) is 0. The van der Waals surface area contributed by atoms with E-state index in [0.29, 0.717) is 18.5 Å². The van der Waals surface area contributed by atoms with Gasteiger partial charge in [-0.1, -0.05) is 6.07 Å². The molecule has 1 atom stereocenters. The Morgan fingerprint density at radius 1 is 1.15 bits per heavy atom. The quantitative estimate of drug-likeness (QED) is 0.622. The summed E-state index contributed by atoms with van der Waals surface area (Å²) in [6.45, 7) is 0. The average Bonchev–Trinajstić information content (AvgIpc) is 2.88. The molecule has 1 aliphatic carbocycles. The van der Waals surface area contributed by atoms with Crippen LogP contribution in [0, 0.1) is 17.5 Å². The Bertz CT molecular complexity index is 700. The minimum atomic E-state index is -1.62. The number of Topliss-reactive ketones (excluding diaryl/α,β-unsaturated/α-hetero) is 1. The highest BCUT2D eigenvalue weighted by Crippen LogP contribution is 2.34. The van der Waals surface area contributed by atoms with E-state index in [2.05, 4.69) is 4.98 Å². The Labute approximate surface area is 113 Å². The van der Waals surface area contributed by atoms with E-state index in [1.807, 2.05) is 6.07 Å². The molecule has 1 aromatic heterocycles. The van der Waals surface area contributed by atoms with Crippen LogP contribution in [0.2, 0.25) is 0 Å². The van der Waals surface area contributed by atoms with Crippen molar-refractivity contribution in [3.8, 4) is 0 Å². The number of carbonyl (C=O) groups excluding carboxylic acids is 1. The summed E-state index contributed by atoms with van der Waals surface area (Å²) >= 11 is 0. The molecule has 5 heteroatoms. The molecule has 3 rings (SSSR count). The fraction of sp³-hybridized carbons (Fsp3) is 0.200. The number of nitrogens with zero attached hydrogens (tertiary/aromatic N) is 1. The van der Waals surface area contributed by atoms with Gasteiger partial charge in [0.25, 0.3) is 0 Å². The average molecular weight is 277 g/mol. The number of benzene rings is 1. The van der Waals surface area contributed by atoms with Gasteiger partial charge in [-0.25, -0.2) is 13.2 Å². The third-order valence-electron chi connectivity index (χ3n) is 3.58. The number of aromatic nitrogens is 1. The molecule has 2 nitrogen and oxygen atoms in total. The van der Waals surface area contributed by atoms with E-state index in [1.165, 1.54) is 0 Å². The van der Waals surface area contributed by atoms with Crippen molar-refractivity contribution in [3.05, 3.63) is 64.7 Å². The van der Waals surface area contributed by atoms with Gasteiger partial charge in [0.05, 0.1) is 17.2 Å². The van der Waals surface area contributed by atoms with Crippen LogP contribution in [0.3, 0.4) is 0 Å². The lowest BCUT2D eigenvalue weighted by atomic mass is 9.94. The molecule has 0 saturated heterocycles. The van der Waals surface area contributed by atoms with Gasteiger partial charge in [0, 0.05) is 6.20 Å². The minimum Gasteiger partial charge on any atom is -0.293 e. The number of ketones is 1. The fourth-order valence-corrected chi connectivity index (χ4v) is 2.57. The minimum absolute atomic E-state index is 0.424. The monoisotopic (exact) mass is 277 g/mol. The predicted octanol–water partition coefficient (Wildman–Crippen LogP) is 3.41. The SMILES string of the molecule is O=C(c1ccc(F)c(F)c1F)C1CCc2cccnc21. The van der Waals surface area contributed by atoms with Crippen molar-refractivity contribution in [1.29, 1.82) is 0 Å². The standard InChI is InChI=1S/C15H10F3NO/c16-11-6-5-9(12(17)13(11)18)15(20)10-4-3-8-2-1-7-19-14(8)10/h1-2,5-7,10H,3-4H2. The Kier molecular flexibility index (Phi) is 3.04. The molecule has 0 aliphatic heterocycles. The van der Waals surface area contributed by atoms with E-state index < -0.39 is 34.7 Å². The van der Waals surface area contributed by atoms with Crippen molar-refractivity contribution in [2.45, 2.75) is 18.8 Å². The number of pyridine rings is 1. The number of aryl methyl sites for hydroxylation is 1. The summed E-state index contributed by atoms with van der Waals surface area (Å²) in [6.07, 6.45) is 2.74. The number of rotatable bonds is 2. The molecule has 0 radical (unpaired) electrons. The topological polar surface area (TPSA) is 30.0 Å². The largest absolute Gasteiger partial charge is 0.293 e. The molecule has 1 unspecified atom stereocenters. The Morgan fingerprint density at radius 2 is 1.95 bits per heavy atom. The number of carbonyl (C=O) groups is 1. The van der Waals surface area contributed by atoms with Gasteiger partial charge in [0.1, 0.15) is 0 Å². The van der Waals surface area contributed by atoms with Gasteiger partial charge < -0.3 is 0 Å². The maximum Gasteiger partial charge on any atom is 0.195 e. The first-order valence-electron chi connectivity index (χ1n) is 6.21. The molecule has 1 aromatic carbocycles. The van der Waals surface area contributed by atoms with Gasteiger partial charge in [0.15, 0.2) is 23.2 Å². The van der Waals surface area contributed by atoms with Crippen LogP contribution in [0.15, 0.2) is 30.5 Å². The molecular weight excluding hydrogens is 267 g/mol. The van der Waals surface area contributed by atoms with E-state index in [-0.39, 0.29) is 0 Å². The van der Waals surface area contributed by atoms with E-state index in [9.17, 15) is 18.0 Å². The van der Waals surface area contributed by atoms with Gasteiger partial charge in [-0.3, -0.25) is 9.78 Å². The second-order valence-electron chi connectivity index (χ2n) is 4.73. The van der Waals surface area contributed by atoms with Crippen molar-refractivity contribution in [3.63, 3.8) is 0 Å². The lowest BCUT2D eigenvalue weighted by Crippen LogP contribution is -2.14. The molecule has 0 N–H and O–H groups in total. The zero-order valence-electron chi connectivity index (χ0n) is 10.4. The summed E-state index contributed by atoms with van der Waals surface area (Å²) in [5, 5.41) is 0. The molecule has 0 spiro atoms. The van der Waals surface area contributed by atoms with Crippen molar-refractivity contribution in [2.24, 2.45) is 0 Å². The van der Waals surface area contributed by atoms with Crippen molar-refractivity contribution >= 4 is 5.78 Å². The van der Waals surface area contributed by atoms with Crippen LogP contribution in [-0.4, -0.2) is 10.8 Å². The maximum absolute atomic E-state index is 13.7. The first-order chi connectivity index (χ1) is 9.59. The molecular formula is C15H10F3NO. The van der Waals surface area contributed by atoms with Gasteiger partial charge in [-0.2, -0.15) is 0 Å². The van der Waals surface area contributed by atoms with Crippen molar-refractivity contribution in [1.82, 2.24) is 4.98 Å². The van der Waals surface area contributed by atoms with Gasteiger partial charge in [0.2, 0.25) is 0 Å². The van der Waals surface area contributed by atoms with Crippen LogP contribution >= 0.6 is 0 Å². The van der Waals surface area contributed by atoms with E-state index in [1.54, 1.807) is 12.3 Å². The molecule has 1 aliphatic rings. The van der Waals surface area contributed by atoms with E-state index in [4.69, 9.17) is 0 Å². The highest BCUT2D eigenvalue weighted by molar-refractivity contribution is 6.01. The van der Waals surface area contributed by atoms with E-state index in [0.717, 1.165) is 17.7 Å². The molecule has 2 aromatic rings. The predicted molar refractivity (Wildman–Crippen MR) is 65.9 cm³/mol. The zero-order valence-corrected chi connectivity index (χ0v) is 10.4. The van der Waals surface area contributed by atoms with Crippen LogP contribution in [0.25, 0.3) is 0 Å². The van der Waals surface area contributed by atoms with Crippen molar-refractivity contribution < 1.29 is 18.0 Å².